The van der Waals surface area contributed by atoms with Crippen molar-refractivity contribution in [1.82, 2.24) is 13.8 Å². The molecular weight excluding hydrogens is 484 g/mol. The highest BCUT2D eigenvalue weighted by Crippen LogP contribution is 2.63. The Kier molecular flexibility index (Phi) is 5.72. The average Bonchev–Trinajstić information content (AvgIpc) is 3.62. The van der Waals surface area contributed by atoms with Gasteiger partial charge in [-0.3, -0.25) is 9.47 Å². The third-order valence-electron chi connectivity index (χ3n) is 9.98. The van der Waals surface area contributed by atoms with Gasteiger partial charge in [0.25, 0.3) is 0 Å². The molecule has 1 saturated heterocycles. The molecular formula is C29H38N4O3S. The number of benzene rings is 1. The molecule has 7 rings (SSSR count). The lowest BCUT2D eigenvalue weighted by Crippen LogP contribution is -2.49. The minimum absolute atomic E-state index is 0.0621. The molecule has 0 amide bonds. The van der Waals surface area contributed by atoms with Crippen LogP contribution in [-0.4, -0.2) is 67.5 Å². The number of hydrogen-bond donors (Lipinski definition) is 3. The quantitative estimate of drug-likeness (QED) is 0.444. The number of hydrogen-bond acceptors (Lipinski definition) is 7. The third-order valence-corrected chi connectivity index (χ3v) is 10.8. The highest BCUT2D eigenvalue weighted by atomic mass is 32.1. The standard InChI is InChI=1S/C29H38N4O3S/c1-29(36)15-20-14-22(29)25-24(20)27(34)33(28(25)35)17-19-7-3-2-6-18(19)16-31-10-12-32(13-11-31)26-21-8-4-5-9-23(21)37-30-26/h4-5,8-9,18-20,22,34-36H,2-3,6-7,10-17H2,1H3/t18-,19?,20-,22-,29-/m0/s1. The Morgan fingerprint density at radius 3 is 2.46 bits per heavy atom. The van der Waals surface area contributed by atoms with Gasteiger partial charge in [0.1, 0.15) is 5.82 Å². The first-order chi connectivity index (χ1) is 17.9. The van der Waals surface area contributed by atoms with E-state index in [-0.39, 0.29) is 23.6 Å². The number of aromatic nitrogens is 2. The van der Waals surface area contributed by atoms with E-state index in [4.69, 9.17) is 4.37 Å². The largest absolute Gasteiger partial charge is 0.494 e. The van der Waals surface area contributed by atoms with Crippen LogP contribution in [0.3, 0.4) is 0 Å². The Bertz CT molecular complexity index is 1310. The molecule has 2 aromatic heterocycles. The van der Waals surface area contributed by atoms with E-state index in [1.807, 2.05) is 6.92 Å². The van der Waals surface area contributed by atoms with Crippen molar-refractivity contribution in [2.75, 3.05) is 37.6 Å². The van der Waals surface area contributed by atoms with Gasteiger partial charge in [-0.2, -0.15) is 4.37 Å². The molecule has 7 nitrogen and oxygen atoms in total. The zero-order valence-corrected chi connectivity index (χ0v) is 22.5. The van der Waals surface area contributed by atoms with Crippen LogP contribution in [0, 0.1) is 11.8 Å². The van der Waals surface area contributed by atoms with E-state index >= 15 is 0 Å². The molecule has 2 saturated carbocycles. The lowest BCUT2D eigenvalue weighted by atomic mass is 9.78. The van der Waals surface area contributed by atoms with Gasteiger partial charge in [0, 0.05) is 61.7 Å². The summed E-state index contributed by atoms with van der Waals surface area (Å²) in [6, 6.07) is 8.51. The van der Waals surface area contributed by atoms with Crippen molar-refractivity contribution >= 4 is 27.4 Å². The smallest absolute Gasteiger partial charge is 0.197 e. The van der Waals surface area contributed by atoms with Crippen molar-refractivity contribution in [3.63, 3.8) is 0 Å². The maximum Gasteiger partial charge on any atom is 0.197 e. The topological polar surface area (TPSA) is 85.0 Å². The fourth-order valence-electron chi connectivity index (χ4n) is 8.04. The molecule has 3 fully saturated rings. The number of anilines is 1. The van der Waals surface area contributed by atoms with E-state index in [0.29, 0.717) is 24.8 Å². The van der Waals surface area contributed by atoms with Gasteiger partial charge in [-0.25, -0.2) is 0 Å². The SMILES string of the molecule is C[C@]1(O)C[C@@H]2C[C@H]1c1c2c(O)n(CC2CCCC[C@H]2CN2CCN(c3nsc4ccccc34)CC2)c1O. The predicted molar refractivity (Wildman–Crippen MR) is 147 cm³/mol. The zero-order valence-electron chi connectivity index (χ0n) is 21.6. The van der Waals surface area contributed by atoms with Crippen LogP contribution >= 0.6 is 11.5 Å². The maximum absolute atomic E-state index is 11.2. The Labute approximate surface area is 222 Å². The summed E-state index contributed by atoms with van der Waals surface area (Å²) in [4.78, 5) is 5.05. The van der Waals surface area contributed by atoms with Crippen LogP contribution in [0.4, 0.5) is 5.82 Å². The van der Waals surface area contributed by atoms with Crippen LogP contribution in [0.15, 0.2) is 24.3 Å². The van der Waals surface area contributed by atoms with Crippen molar-refractivity contribution in [3.05, 3.63) is 35.4 Å². The van der Waals surface area contributed by atoms with Crippen molar-refractivity contribution < 1.29 is 15.3 Å². The average molecular weight is 523 g/mol. The minimum Gasteiger partial charge on any atom is -0.494 e. The Hall–Kier alpha value is -2.29. The predicted octanol–water partition coefficient (Wildman–Crippen LogP) is 4.86. The van der Waals surface area contributed by atoms with Crippen LogP contribution in [0.1, 0.15) is 68.4 Å². The van der Waals surface area contributed by atoms with E-state index in [0.717, 1.165) is 62.5 Å². The monoisotopic (exact) mass is 522 g/mol. The Morgan fingerprint density at radius 2 is 1.68 bits per heavy atom. The van der Waals surface area contributed by atoms with Gasteiger partial charge in [0.05, 0.1) is 10.3 Å². The number of piperazine rings is 1. The van der Waals surface area contributed by atoms with Gasteiger partial charge < -0.3 is 20.2 Å². The van der Waals surface area contributed by atoms with Crippen LogP contribution in [0.5, 0.6) is 11.8 Å². The summed E-state index contributed by atoms with van der Waals surface area (Å²) in [5, 5.41) is 34.4. The first-order valence-electron chi connectivity index (χ1n) is 14.1. The third kappa shape index (κ3) is 3.86. The van der Waals surface area contributed by atoms with Gasteiger partial charge in [0.2, 0.25) is 0 Å². The van der Waals surface area contributed by atoms with Gasteiger partial charge in [-0.1, -0.05) is 25.0 Å². The normalized spacial score (nSPS) is 31.9. The van der Waals surface area contributed by atoms with Crippen LogP contribution < -0.4 is 4.90 Å². The van der Waals surface area contributed by atoms with Crippen LogP contribution in [0.2, 0.25) is 0 Å². The lowest BCUT2D eigenvalue weighted by molar-refractivity contribution is 0.0438. The fraction of sp³-hybridized carbons (Fsp3) is 0.621. The summed E-state index contributed by atoms with van der Waals surface area (Å²) >= 11 is 1.59. The summed E-state index contributed by atoms with van der Waals surface area (Å²) < 4.78 is 7.79. The summed E-state index contributed by atoms with van der Waals surface area (Å²) in [6.45, 7) is 7.71. The van der Waals surface area contributed by atoms with Gasteiger partial charge in [0.15, 0.2) is 11.8 Å². The molecule has 8 heteroatoms. The molecule has 0 spiro atoms. The molecule has 1 aliphatic heterocycles. The second kappa shape index (κ2) is 8.89. The lowest BCUT2D eigenvalue weighted by Gasteiger charge is -2.40. The molecule has 5 atom stereocenters. The van der Waals surface area contributed by atoms with Crippen molar-refractivity contribution in [3.8, 4) is 11.8 Å². The highest BCUT2D eigenvalue weighted by Gasteiger charge is 2.54. The molecule has 1 aromatic carbocycles. The molecule has 3 aliphatic carbocycles. The van der Waals surface area contributed by atoms with E-state index < -0.39 is 5.60 Å². The van der Waals surface area contributed by atoms with Crippen molar-refractivity contribution in [1.29, 1.82) is 0 Å². The second-order valence-electron chi connectivity index (χ2n) is 12.2. The fourth-order valence-corrected chi connectivity index (χ4v) is 8.83. The van der Waals surface area contributed by atoms with E-state index in [1.165, 1.54) is 29.3 Å². The summed E-state index contributed by atoms with van der Waals surface area (Å²) in [5.41, 5.74) is 0.942. The molecule has 2 bridgehead atoms. The number of rotatable bonds is 5. The minimum atomic E-state index is -0.784. The molecule has 3 aromatic rings. The summed E-state index contributed by atoms with van der Waals surface area (Å²) in [6.07, 6.45) is 6.35. The Morgan fingerprint density at radius 1 is 0.973 bits per heavy atom. The summed E-state index contributed by atoms with van der Waals surface area (Å²) in [5.74, 6) is 2.70. The first-order valence-corrected chi connectivity index (χ1v) is 14.9. The molecule has 1 unspecified atom stereocenters. The number of fused-ring (bicyclic) bond motifs is 6. The van der Waals surface area contributed by atoms with Crippen LogP contribution in [-0.2, 0) is 6.54 Å². The molecule has 4 aliphatic rings. The van der Waals surface area contributed by atoms with Gasteiger partial charge >= 0.3 is 0 Å². The number of nitrogens with zero attached hydrogens (tertiary/aromatic N) is 4. The van der Waals surface area contributed by atoms with Crippen LogP contribution in [0.25, 0.3) is 10.1 Å². The molecule has 3 heterocycles. The second-order valence-corrected chi connectivity index (χ2v) is 13.0. The number of aliphatic hydroxyl groups is 1. The molecule has 198 valence electrons. The molecule has 37 heavy (non-hydrogen) atoms. The summed E-state index contributed by atoms with van der Waals surface area (Å²) in [7, 11) is 0. The first kappa shape index (κ1) is 23.8. The zero-order chi connectivity index (χ0) is 25.3. The highest BCUT2D eigenvalue weighted by molar-refractivity contribution is 7.13. The van der Waals surface area contributed by atoms with E-state index in [9.17, 15) is 15.3 Å². The molecule has 3 N–H and O–H groups in total. The van der Waals surface area contributed by atoms with E-state index in [1.54, 1.807) is 16.1 Å². The van der Waals surface area contributed by atoms with Crippen molar-refractivity contribution in [2.45, 2.75) is 69.4 Å². The van der Waals surface area contributed by atoms with Crippen molar-refractivity contribution in [2.24, 2.45) is 11.8 Å². The maximum atomic E-state index is 11.2. The van der Waals surface area contributed by atoms with E-state index in [2.05, 4.69) is 34.1 Å². The van der Waals surface area contributed by atoms with Gasteiger partial charge in [-0.15, -0.1) is 0 Å². The van der Waals surface area contributed by atoms with Gasteiger partial charge in [-0.05, 0) is 74.0 Å². The molecule has 0 radical (unpaired) electrons. The number of aromatic hydroxyl groups is 2. The Balaban J connectivity index is 1.03.